The van der Waals surface area contributed by atoms with Gasteiger partial charge in [-0.3, -0.25) is 4.79 Å². The van der Waals surface area contributed by atoms with Crippen LogP contribution in [0.5, 0.6) is 0 Å². The lowest BCUT2D eigenvalue weighted by atomic mass is 9.83. The lowest BCUT2D eigenvalue weighted by Crippen LogP contribution is -2.68. The van der Waals surface area contributed by atoms with E-state index in [0.717, 1.165) is 6.42 Å². The Balaban J connectivity index is 1.81. The molecule has 3 rings (SSSR count). The first-order chi connectivity index (χ1) is 18.1. The quantitative estimate of drug-likeness (QED) is 0.116. The Morgan fingerprint density at radius 1 is 1.21 bits per heavy atom. The Bertz CT molecular complexity index is 792. The van der Waals surface area contributed by atoms with E-state index in [1.54, 1.807) is 13.1 Å². The normalized spacial score (nSPS) is 40.6. The van der Waals surface area contributed by atoms with E-state index in [1.165, 1.54) is 0 Å². The average molecular weight is 550 g/mol. The van der Waals surface area contributed by atoms with E-state index in [0.29, 0.717) is 13.0 Å². The summed E-state index contributed by atoms with van der Waals surface area (Å²) < 4.78 is 23.3. The fourth-order valence-electron chi connectivity index (χ4n) is 4.90. The molecule has 0 radical (unpaired) electrons. The van der Waals surface area contributed by atoms with Crippen molar-refractivity contribution in [2.45, 2.75) is 98.9 Å². The lowest BCUT2D eigenvalue weighted by molar-refractivity contribution is -0.306. The van der Waals surface area contributed by atoms with Crippen molar-refractivity contribution >= 4 is 5.91 Å². The zero-order valence-electron chi connectivity index (χ0n) is 21.5. The van der Waals surface area contributed by atoms with Gasteiger partial charge in [-0.25, -0.2) is 0 Å². The van der Waals surface area contributed by atoms with Gasteiger partial charge in [-0.2, -0.15) is 0 Å². The maximum atomic E-state index is 12.6. The summed E-state index contributed by atoms with van der Waals surface area (Å²) in [5, 5.41) is 57.4. The number of carbonyl (C=O) groups excluding carboxylic acids is 1. The fourth-order valence-corrected chi connectivity index (χ4v) is 4.90. The minimum absolute atomic E-state index is 0.0130. The standard InChI is InChI=1S/C23H43N5O10/c1-27-8-10-3-2-4-15(35-10)37-20-11(25)7-12(28-22(34)13(30)5-6-24)21(19(20)33)38-23-18(32)16(26)17(31)14(9-29)36-23/h4,10-14,16-21,23,27,29-33H,2-3,5-9,24-26H2,1H3,(H,28,34)/t10-,11-,12+,13-,14?,16-,17-,18?,19?,20?,21-,23+/m0/s1. The Hall–Kier alpha value is -1.63. The van der Waals surface area contributed by atoms with Crippen molar-refractivity contribution in [3.8, 4) is 0 Å². The third kappa shape index (κ3) is 7.31. The molecule has 12 atom stereocenters. The van der Waals surface area contributed by atoms with Crippen LogP contribution in [0.15, 0.2) is 12.0 Å². The smallest absolute Gasteiger partial charge is 0.275 e. The SMILES string of the molecule is CNC[C@@H]1CCC=C(OC2C(O)[C@@H](O[C@H]3OC(CO)[C@H](O)[C@H](N)C3O)[C@H](NC(=O)[C@@H](O)CCN)C[C@@H]2N)O1. The first-order valence-corrected chi connectivity index (χ1v) is 12.9. The highest BCUT2D eigenvalue weighted by atomic mass is 16.7. The van der Waals surface area contributed by atoms with Gasteiger partial charge in [0.1, 0.15) is 48.8 Å². The summed E-state index contributed by atoms with van der Waals surface area (Å²) in [6.07, 6.45) is -7.50. The van der Waals surface area contributed by atoms with E-state index >= 15 is 0 Å². The fraction of sp³-hybridized carbons (Fsp3) is 0.870. The van der Waals surface area contributed by atoms with Crippen LogP contribution in [0, 0.1) is 0 Å². The molecule has 1 aliphatic carbocycles. The number of aliphatic hydroxyl groups is 5. The van der Waals surface area contributed by atoms with Crippen LogP contribution in [0.25, 0.3) is 0 Å². The zero-order valence-corrected chi connectivity index (χ0v) is 21.5. The van der Waals surface area contributed by atoms with Gasteiger partial charge in [0.15, 0.2) is 6.29 Å². The molecule has 0 aromatic rings. The van der Waals surface area contributed by atoms with Gasteiger partial charge in [0, 0.05) is 12.6 Å². The van der Waals surface area contributed by atoms with Crippen LogP contribution in [-0.2, 0) is 23.7 Å². The Kier molecular flexibility index (Phi) is 11.5. The van der Waals surface area contributed by atoms with Crippen LogP contribution >= 0.6 is 0 Å². The Morgan fingerprint density at radius 2 is 1.95 bits per heavy atom. The first kappa shape index (κ1) is 30.9. The van der Waals surface area contributed by atoms with Crippen LogP contribution in [0.4, 0.5) is 0 Å². The van der Waals surface area contributed by atoms with Crippen molar-refractivity contribution in [1.29, 1.82) is 0 Å². The van der Waals surface area contributed by atoms with Gasteiger partial charge in [-0.1, -0.05) is 0 Å². The van der Waals surface area contributed by atoms with Crippen molar-refractivity contribution < 1.29 is 49.3 Å². The number of allylic oxidation sites excluding steroid dienone is 1. The van der Waals surface area contributed by atoms with E-state index in [4.69, 9.17) is 36.1 Å². The Labute approximate surface area is 221 Å². The molecule has 2 heterocycles. The predicted octanol–water partition coefficient (Wildman–Crippen LogP) is -4.95. The largest absolute Gasteiger partial charge is 0.461 e. The van der Waals surface area contributed by atoms with Crippen LogP contribution in [0.1, 0.15) is 25.7 Å². The van der Waals surface area contributed by atoms with Crippen molar-refractivity contribution in [1.82, 2.24) is 10.6 Å². The summed E-state index contributed by atoms with van der Waals surface area (Å²) in [5.41, 5.74) is 17.7. The molecule has 15 nitrogen and oxygen atoms in total. The van der Waals surface area contributed by atoms with Gasteiger partial charge in [-0.15, -0.1) is 0 Å². The highest BCUT2D eigenvalue weighted by Crippen LogP contribution is 2.31. The van der Waals surface area contributed by atoms with Crippen molar-refractivity contribution in [2.24, 2.45) is 17.2 Å². The van der Waals surface area contributed by atoms with Gasteiger partial charge < -0.3 is 72.3 Å². The molecular weight excluding hydrogens is 506 g/mol. The molecule has 2 fully saturated rings. The average Bonchev–Trinajstić information content (AvgIpc) is 2.89. The number of aliphatic hydroxyl groups excluding tert-OH is 5. The van der Waals surface area contributed by atoms with Crippen LogP contribution < -0.4 is 27.8 Å². The molecule has 0 bridgehead atoms. The second-order valence-electron chi connectivity index (χ2n) is 9.96. The number of carbonyl (C=O) groups is 1. The summed E-state index contributed by atoms with van der Waals surface area (Å²) in [7, 11) is 1.80. The summed E-state index contributed by atoms with van der Waals surface area (Å²) >= 11 is 0. The summed E-state index contributed by atoms with van der Waals surface area (Å²) in [5.74, 6) is -0.540. The summed E-state index contributed by atoms with van der Waals surface area (Å²) in [6.45, 7) is 0.0712. The van der Waals surface area contributed by atoms with Crippen LogP contribution in [-0.4, -0.2) is 131 Å². The molecule has 4 unspecified atom stereocenters. The third-order valence-corrected chi connectivity index (χ3v) is 7.08. The molecule has 0 aromatic heterocycles. The van der Waals surface area contributed by atoms with Gasteiger partial charge in [-0.05, 0) is 45.4 Å². The molecule has 15 heteroatoms. The molecule has 0 spiro atoms. The van der Waals surface area contributed by atoms with Crippen molar-refractivity contribution in [3.63, 3.8) is 0 Å². The minimum atomic E-state index is -1.53. The molecule has 3 aliphatic rings. The number of nitrogens with one attached hydrogen (secondary N) is 2. The molecule has 220 valence electrons. The van der Waals surface area contributed by atoms with E-state index in [2.05, 4.69) is 10.6 Å². The highest BCUT2D eigenvalue weighted by molar-refractivity contribution is 5.80. The number of likely N-dealkylation sites (N-methyl/N-ethyl adjacent to an activating group) is 1. The molecule has 1 amide bonds. The molecular formula is C23H43N5O10. The van der Waals surface area contributed by atoms with E-state index in [1.807, 2.05) is 0 Å². The second kappa shape index (κ2) is 14.1. The molecule has 1 saturated heterocycles. The van der Waals surface area contributed by atoms with Gasteiger partial charge in [0.25, 0.3) is 5.95 Å². The second-order valence-corrected chi connectivity index (χ2v) is 9.96. The van der Waals surface area contributed by atoms with Crippen LogP contribution in [0.3, 0.4) is 0 Å². The molecule has 2 aliphatic heterocycles. The zero-order chi connectivity index (χ0) is 28.0. The number of ether oxygens (including phenoxy) is 4. The lowest BCUT2D eigenvalue weighted by Gasteiger charge is -2.47. The number of hydrogen-bond acceptors (Lipinski definition) is 14. The molecule has 1 saturated carbocycles. The number of amides is 1. The summed E-state index contributed by atoms with van der Waals surface area (Å²) in [4.78, 5) is 12.6. The molecule has 38 heavy (non-hydrogen) atoms. The number of rotatable bonds is 11. The monoisotopic (exact) mass is 549 g/mol. The van der Waals surface area contributed by atoms with Gasteiger partial charge >= 0.3 is 0 Å². The van der Waals surface area contributed by atoms with E-state index in [-0.39, 0.29) is 31.4 Å². The van der Waals surface area contributed by atoms with Gasteiger partial charge in [0.05, 0.1) is 18.7 Å². The summed E-state index contributed by atoms with van der Waals surface area (Å²) in [6, 6.07) is -2.95. The predicted molar refractivity (Wildman–Crippen MR) is 132 cm³/mol. The van der Waals surface area contributed by atoms with Crippen molar-refractivity contribution in [3.05, 3.63) is 12.0 Å². The number of hydrogen-bond donors (Lipinski definition) is 10. The van der Waals surface area contributed by atoms with Crippen molar-refractivity contribution in [2.75, 3.05) is 26.7 Å². The van der Waals surface area contributed by atoms with E-state index < -0.39 is 79.7 Å². The van der Waals surface area contributed by atoms with Crippen LogP contribution in [0.2, 0.25) is 0 Å². The molecule has 13 N–H and O–H groups in total. The molecule has 0 aromatic carbocycles. The third-order valence-electron chi connectivity index (χ3n) is 7.08. The van der Waals surface area contributed by atoms with Gasteiger partial charge in [0.2, 0.25) is 5.91 Å². The number of nitrogens with two attached hydrogens (primary N) is 3. The first-order valence-electron chi connectivity index (χ1n) is 12.9. The van der Waals surface area contributed by atoms with E-state index in [9.17, 15) is 30.3 Å². The Morgan fingerprint density at radius 3 is 2.61 bits per heavy atom. The minimum Gasteiger partial charge on any atom is -0.461 e. The topological polar surface area (TPSA) is 257 Å². The highest BCUT2D eigenvalue weighted by Gasteiger charge is 2.50. The maximum Gasteiger partial charge on any atom is 0.275 e. The maximum absolute atomic E-state index is 12.6.